The van der Waals surface area contributed by atoms with Crippen LogP contribution in [0.4, 0.5) is 4.79 Å². The zero-order valence-corrected chi connectivity index (χ0v) is 5.30. The Labute approximate surface area is 51.5 Å². The largest absolute Gasteiger partial charge is 0.451 e. The summed E-state index contributed by atoms with van der Waals surface area (Å²) in [7, 11) is -2.36. The van der Waals surface area contributed by atoms with Gasteiger partial charge in [0.25, 0.3) is 0 Å². The third kappa shape index (κ3) is 0.958. The second-order valence-electron chi connectivity index (χ2n) is 1.33. The summed E-state index contributed by atoms with van der Waals surface area (Å²) in [6.07, 6.45) is -0.921. The summed E-state index contributed by atoms with van der Waals surface area (Å²) in [5.74, 6) is 0. The van der Waals surface area contributed by atoms with Crippen LogP contribution in [-0.2, 0) is 14.9 Å². The molecule has 0 radical (unpaired) electrons. The molecule has 0 atom stereocenters. The van der Waals surface area contributed by atoms with Crippen molar-refractivity contribution in [2.45, 2.75) is 0 Å². The van der Waals surface area contributed by atoms with Gasteiger partial charge in [0, 0.05) is 0 Å². The van der Waals surface area contributed by atoms with Gasteiger partial charge in [-0.1, -0.05) is 4.83 Å². The van der Waals surface area contributed by atoms with Gasteiger partial charge in [-0.2, -0.15) is 8.42 Å². The molecular formula is C2H4N2O4S. The predicted molar refractivity (Wildman–Crippen MR) is 26.3 cm³/mol. The molecule has 1 N–H and O–H groups in total. The van der Waals surface area contributed by atoms with Crippen molar-refractivity contribution in [1.29, 1.82) is 0 Å². The molecule has 1 aliphatic heterocycles. The van der Waals surface area contributed by atoms with E-state index in [2.05, 4.69) is 4.74 Å². The minimum atomic E-state index is -3.46. The first-order valence-corrected chi connectivity index (χ1v) is 3.42. The minimum Gasteiger partial charge on any atom is -0.451 e. The number of nitrogens with zero attached hydrogens (tertiary/aromatic N) is 1. The third-order valence-corrected chi connectivity index (χ3v) is 1.71. The molecule has 9 heavy (non-hydrogen) atoms. The van der Waals surface area contributed by atoms with Gasteiger partial charge in [-0.25, -0.2) is 4.79 Å². The molecule has 1 heterocycles. The quantitative estimate of drug-likeness (QED) is 0.442. The van der Waals surface area contributed by atoms with Gasteiger partial charge in [-0.15, -0.1) is 4.41 Å². The lowest BCUT2D eigenvalue weighted by Gasteiger charge is -1.89. The average Bonchev–Trinajstić information content (AvgIpc) is 2.38. The molecule has 0 spiro atoms. The second kappa shape index (κ2) is 1.58. The Balaban J connectivity index is 2.63. The number of hydrogen-bond donors (Lipinski definition) is 1. The van der Waals surface area contributed by atoms with Crippen molar-refractivity contribution in [1.82, 2.24) is 9.25 Å². The van der Waals surface area contributed by atoms with Gasteiger partial charge < -0.3 is 4.74 Å². The van der Waals surface area contributed by atoms with E-state index in [1.165, 1.54) is 0 Å². The molecule has 1 aliphatic rings. The van der Waals surface area contributed by atoms with Crippen LogP contribution in [0.25, 0.3) is 0 Å². The van der Waals surface area contributed by atoms with Crippen LogP contribution >= 0.6 is 0 Å². The standard InChI is InChI=1S/C2H4N2O4S/c1-8-2(5)4-3-9(4,6)7/h3H,1H3. The van der Waals surface area contributed by atoms with Gasteiger partial charge in [-0.3, -0.25) is 0 Å². The first-order chi connectivity index (χ1) is 4.08. The van der Waals surface area contributed by atoms with Crippen LogP contribution in [0.15, 0.2) is 0 Å². The van der Waals surface area contributed by atoms with E-state index in [9.17, 15) is 13.2 Å². The molecule has 0 bridgehead atoms. The van der Waals surface area contributed by atoms with Crippen LogP contribution in [-0.4, -0.2) is 26.0 Å². The first-order valence-electron chi connectivity index (χ1n) is 1.98. The predicted octanol–water partition coefficient (Wildman–Crippen LogP) is -1.18. The Morgan fingerprint density at radius 1 is 1.67 bits per heavy atom. The summed E-state index contributed by atoms with van der Waals surface area (Å²) in [6, 6.07) is 0. The first kappa shape index (κ1) is 6.30. The van der Waals surface area contributed by atoms with Gasteiger partial charge in [0.15, 0.2) is 0 Å². The molecule has 0 aliphatic carbocycles. The van der Waals surface area contributed by atoms with E-state index < -0.39 is 16.3 Å². The van der Waals surface area contributed by atoms with E-state index in [0.29, 0.717) is 4.41 Å². The molecular weight excluding hydrogens is 148 g/mol. The van der Waals surface area contributed by atoms with Crippen LogP contribution in [0.5, 0.6) is 0 Å². The summed E-state index contributed by atoms with van der Waals surface area (Å²) >= 11 is 0. The van der Waals surface area contributed by atoms with Crippen molar-refractivity contribution >= 4 is 16.3 Å². The lowest BCUT2D eigenvalue weighted by molar-refractivity contribution is 0.156. The number of hydrogen-bond acceptors (Lipinski definition) is 4. The number of amides is 1. The summed E-state index contributed by atoms with van der Waals surface area (Å²) < 4.78 is 24.8. The van der Waals surface area contributed by atoms with Crippen LogP contribution < -0.4 is 4.83 Å². The van der Waals surface area contributed by atoms with Crippen molar-refractivity contribution in [2.75, 3.05) is 7.11 Å². The Morgan fingerprint density at radius 2 is 2.11 bits per heavy atom. The lowest BCUT2D eigenvalue weighted by Crippen LogP contribution is -2.12. The molecule has 0 aromatic rings. The summed E-state index contributed by atoms with van der Waals surface area (Å²) in [4.78, 5) is 12.0. The maximum Gasteiger partial charge on any atom is 0.440 e. The van der Waals surface area contributed by atoms with Crippen LogP contribution in [0.1, 0.15) is 0 Å². The van der Waals surface area contributed by atoms with Crippen LogP contribution in [0.2, 0.25) is 0 Å². The highest BCUT2D eigenvalue weighted by Gasteiger charge is 2.45. The Hall–Kier alpha value is -0.820. The smallest absolute Gasteiger partial charge is 0.440 e. The topological polar surface area (TPSA) is 85.4 Å². The van der Waals surface area contributed by atoms with Crippen LogP contribution in [0, 0.1) is 0 Å². The maximum atomic E-state index is 10.3. The van der Waals surface area contributed by atoms with E-state index in [4.69, 9.17) is 0 Å². The molecule has 1 saturated heterocycles. The molecule has 1 rings (SSSR count). The molecule has 1 amide bonds. The maximum absolute atomic E-state index is 10.3. The summed E-state index contributed by atoms with van der Waals surface area (Å²) in [5.41, 5.74) is 0. The number of methoxy groups -OCH3 is 1. The SMILES string of the molecule is COC(=O)N1NS1(=O)=O. The highest BCUT2D eigenvalue weighted by molar-refractivity contribution is 7.93. The van der Waals surface area contributed by atoms with Crippen molar-refractivity contribution in [3.05, 3.63) is 0 Å². The highest BCUT2D eigenvalue weighted by atomic mass is 32.2. The number of nitrogens with one attached hydrogen (secondary N) is 1. The highest BCUT2D eigenvalue weighted by Crippen LogP contribution is 2.10. The van der Waals surface area contributed by atoms with E-state index in [-0.39, 0.29) is 0 Å². The minimum absolute atomic E-state index is 0.396. The van der Waals surface area contributed by atoms with Gasteiger partial charge in [0.1, 0.15) is 0 Å². The number of hydrazine groups is 1. The molecule has 0 saturated carbocycles. The Kier molecular flexibility index (Phi) is 1.11. The molecule has 0 aromatic carbocycles. The Morgan fingerprint density at radius 3 is 2.22 bits per heavy atom. The lowest BCUT2D eigenvalue weighted by atomic mass is 11.2. The average molecular weight is 152 g/mol. The second-order valence-corrected chi connectivity index (χ2v) is 2.83. The van der Waals surface area contributed by atoms with Gasteiger partial charge in [0.2, 0.25) is 0 Å². The third-order valence-electron chi connectivity index (χ3n) is 0.747. The van der Waals surface area contributed by atoms with Crippen LogP contribution in [0.3, 0.4) is 0 Å². The summed E-state index contributed by atoms with van der Waals surface area (Å²) in [6.45, 7) is 0. The monoisotopic (exact) mass is 152 g/mol. The van der Waals surface area contributed by atoms with E-state index in [0.717, 1.165) is 7.11 Å². The molecule has 52 valence electrons. The zero-order valence-electron chi connectivity index (χ0n) is 4.49. The van der Waals surface area contributed by atoms with Crippen molar-refractivity contribution in [3.8, 4) is 0 Å². The molecule has 6 nitrogen and oxygen atoms in total. The fraction of sp³-hybridized carbons (Fsp3) is 0.500. The van der Waals surface area contributed by atoms with Crippen molar-refractivity contribution in [2.24, 2.45) is 0 Å². The molecule has 0 unspecified atom stereocenters. The van der Waals surface area contributed by atoms with Gasteiger partial charge in [-0.05, 0) is 0 Å². The molecule has 0 aromatic heterocycles. The fourth-order valence-corrected chi connectivity index (χ4v) is 1.01. The number of carbonyl (C=O) groups is 1. The number of ether oxygens (including phenoxy) is 1. The number of rotatable bonds is 0. The van der Waals surface area contributed by atoms with E-state index >= 15 is 0 Å². The zero-order chi connectivity index (χ0) is 7.07. The summed E-state index contributed by atoms with van der Waals surface area (Å²) in [5, 5.41) is 0. The van der Waals surface area contributed by atoms with Gasteiger partial charge in [0.05, 0.1) is 7.11 Å². The van der Waals surface area contributed by atoms with Gasteiger partial charge >= 0.3 is 16.3 Å². The molecule has 1 fully saturated rings. The van der Waals surface area contributed by atoms with Crippen molar-refractivity contribution in [3.63, 3.8) is 0 Å². The Bertz CT molecular complexity index is 231. The fourth-order valence-electron chi connectivity index (χ4n) is 0.306. The van der Waals surface area contributed by atoms with E-state index in [1.807, 2.05) is 0 Å². The number of carbonyl (C=O) groups excluding carboxylic acids is 1. The molecule has 7 heteroatoms. The van der Waals surface area contributed by atoms with Crippen molar-refractivity contribution < 1.29 is 17.9 Å². The van der Waals surface area contributed by atoms with E-state index in [1.54, 1.807) is 4.83 Å². The normalized spacial score (nSPS) is 21.2.